The monoisotopic (exact) mass is 513 g/mol. The summed E-state index contributed by atoms with van der Waals surface area (Å²) in [6.45, 7) is 7.71. The Balaban J connectivity index is 1.48. The van der Waals surface area contributed by atoms with E-state index in [9.17, 15) is 4.57 Å². The molecule has 34 heavy (non-hydrogen) atoms. The second-order valence-corrected chi connectivity index (χ2v) is 11.1. The molecule has 3 aliphatic rings. The summed E-state index contributed by atoms with van der Waals surface area (Å²) >= 11 is 6.24. The Morgan fingerprint density at radius 2 is 1.94 bits per heavy atom. The van der Waals surface area contributed by atoms with Crippen LogP contribution in [0.25, 0.3) is 11.0 Å². The average Bonchev–Trinajstić information content (AvgIpc) is 3.25. The van der Waals surface area contributed by atoms with Gasteiger partial charge in [0.05, 0.1) is 24.8 Å². The molecule has 186 valence electrons. The Morgan fingerprint density at radius 3 is 2.62 bits per heavy atom. The zero-order valence-corrected chi connectivity index (χ0v) is 21.2. The van der Waals surface area contributed by atoms with Crippen molar-refractivity contribution in [1.82, 2.24) is 19.7 Å². The number of halogens is 1. The van der Waals surface area contributed by atoms with Crippen LogP contribution in [0.15, 0.2) is 18.1 Å². The third-order valence-electron chi connectivity index (χ3n) is 5.73. The van der Waals surface area contributed by atoms with E-state index in [-0.39, 0.29) is 18.5 Å². The summed E-state index contributed by atoms with van der Waals surface area (Å²) in [5.41, 5.74) is 0.527. The highest BCUT2D eigenvalue weighted by Gasteiger charge is 2.56. The van der Waals surface area contributed by atoms with Crippen LogP contribution in [-0.2, 0) is 27.8 Å². The molecule has 4 atom stereocenters. The Hall–Kier alpha value is -1.59. The summed E-state index contributed by atoms with van der Waals surface area (Å²) in [7, 11) is -3.41. The third kappa shape index (κ3) is 4.75. The van der Waals surface area contributed by atoms with Gasteiger partial charge < -0.3 is 28.6 Å². The smallest absolute Gasteiger partial charge is 0.353 e. The quantitative estimate of drug-likeness (QED) is 0.385. The molecule has 0 radical (unpaired) electrons. The average molecular weight is 514 g/mol. The van der Waals surface area contributed by atoms with E-state index >= 15 is 0 Å². The number of ether oxygens (including phenoxy) is 3. The maximum absolute atomic E-state index is 12.9. The van der Waals surface area contributed by atoms with Gasteiger partial charge in [0.2, 0.25) is 5.28 Å². The molecule has 2 saturated heterocycles. The first-order valence-corrected chi connectivity index (χ1v) is 13.5. The highest BCUT2D eigenvalue weighted by Crippen LogP contribution is 2.51. The number of hydrogen-bond donors (Lipinski definition) is 1. The van der Waals surface area contributed by atoms with Gasteiger partial charge in [-0.05, 0) is 58.2 Å². The van der Waals surface area contributed by atoms with Gasteiger partial charge >= 0.3 is 7.60 Å². The summed E-state index contributed by atoms with van der Waals surface area (Å²) in [5, 5.41) is 8.77. The van der Waals surface area contributed by atoms with Crippen molar-refractivity contribution < 1.29 is 27.8 Å². The first kappa shape index (κ1) is 24.1. The molecule has 2 aliphatic heterocycles. The van der Waals surface area contributed by atoms with Gasteiger partial charge in [0.15, 0.2) is 17.7 Å². The lowest BCUT2D eigenvalue weighted by atomic mass is 10.1. The van der Waals surface area contributed by atoms with Gasteiger partial charge in [0.1, 0.15) is 24.1 Å². The van der Waals surface area contributed by atoms with Crippen molar-refractivity contribution in [3.05, 3.63) is 23.4 Å². The molecule has 1 saturated carbocycles. The molecule has 0 bridgehead atoms. The predicted octanol–water partition coefficient (Wildman–Crippen LogP) is 4.25. The largest absolute Gasteiger partial charge is 0.367 e. The van der Waals surface area contributed by atoms with Gasteiger partial charge in [0.25, 0.3) is 0 Å². The van der Waals surface area contributed by atoms with E-state index in [1.54, 1.807) is 30.8 Å². The van der Waals surface area contributed by atoms with Crippen LogP contribution >= 0.6 is 19.2 Å². The summed E-state index contributed by atoms with van der Waals surface area (Å²) < 4.78 is 43.9. The molecule has 0 unspecified atom stereocenters. The first-order valence-electron chi connectivity index (χ1n) is 11.5. The van der Waals surface area contributed by atoms with E-state index in [1.165, 1.54) is 5.82 Å². The van der Waals surface area contributed by atoms with Crippen LogP contribution in [0.4, 0.5) is 5.82 Å². The molecular formula is C21H29ClN5O6P. The second kappa shape index (κ2) is 9.13. The summed E-state index contributed by atoms with van der Waals surface area (Å²) in [6, 6.07) is 0.387. The van der Waals surface area contributed by atoms with Gasteiger partial charge in [0, 0.05) is 11.9 Å². The van der Waals surface area contributed by atoms with Crippen LogP contribution in [0.3, 0.4) is 0 Å². The number of nitrogens with one attached hydrogen (secondary N) is 1. The molecule has 0 amide bonds. The molecule has 0 aromatic carbocycles. The maximum Gasteiger partial charge on any atom is 0.353 e. The van der Waals surface area contributed by atoms with Crippen molar-refractivity contribution in [3.63, 3.8) is 0 Å². The van der Waals surface area contributed by atoms with Gasteiger partial charge in [-0.2, -0.15) is 15.1 Å². The fourth-order valence-electron chi connectivity index (χ4n) is 4.25. The van der Waals surface area contributed by atoms with E-state index in [0.717, 1.165) is 18.2 Å². The molecule has 3 fully saturated rings. The minimum atomic E-state index is -3.41. The molecule has 4 heterocycles. The fourth-order valence-corrected chi connectivity index (χ4v) is 5.76. The predicted molar refractivity (Wildman–Crippen MR) is 125 cm³/mol. The summed E-state index contributed by atoms with van der Waals surface area (Å²) in [6.07, 6.45) is 3.35. The molecule has 1 aliphatic carbocycles. The number of hydrogen-bond acceptors (Lipinski definition) is 10. The Labute approximate surface area is 202 Å². The topological polar surface area (TPSA) is 119 Å². The van der Waals surface area contributed by atoms with Gasteiger partial charge in [-0.3, -0.25) is 4.57 Å². The van der Waals surface area contributed by atoms with Crippen molar-refractivity contribution in [1.29, 1.82) is 0 Å². The number of rotatable bonds is 9. The van der Waals surface area contributed by atoms with Gasteiger partial charge in [-0.1, -0.05) is 0 Å². The molecule has 2 aromatic rings. The minimum Gasteiger partial charge on any atom is -0.367 e. The molecule has 1 N–H and O–H groups in total. The first-order chi connectivity index (χ1) is 16.2. The molecule has 11 nitrogen and oxygen atoms in total. The lowest BCUT2D eigenvalue weighted by Gasteiger charge is -2.23. The van der Waals surface area contributed by atoms with Crippen molar-refractivity contribution in [3.8, 4) is 0 Å². The van der Waals surface area contributed by atoms with Crippen molar-refractivity contribution in [2.24, 2.45) is 0 Å². The van der Waals surface area contributed by atoms with E-state index in [0.29, 0.717) is 17.5 Å². The number of anilines is 1. The molecule has 0 spiro atoms. The van der Waals surface area contributed by atoms with Crippen molar-refractivity contribution in [2.45, 2.75) is 76.9 Å². The normalized spacial score (nSPS) is 28.7. The Morgan fingerprint density at radius 1 is 1.24 bits per heavy atom. The van der Waals surface area contributed by atoms with Crippen LogP contribution < -0.4 is 5.32 Å². The molecule has 5 rings (SSSR count). The number of aromatic nitrogens is 4. The van der Waals surface area contributed by atoms with Crippen LogP contribution in [0.1, 0.15) is 46.8 Å². The number of fused-ring (bicyclic) bond motifs is 2. The zero-order valence-electron chi connectivity index (χ0n) is 19.5. The lowest BCUT2D eigenvalue weighted by molar-refractivity contribution is -0.192. The summed E-state index contributed by atoms with van der Waals surface area (Å²) in [5.74, 6) is 1.24. The fraction of sp³-hybridized carbons (Fsp3) is 0.667. The second-order valence-electron chi connectivity index (χ2n) is 8.86. The highest BCUT2D eigenvalue weighted by atomic mass is 35.5. The zero-order chi connectivity index (χ0) is 24.1. The molecule has 13 heteroatoms. The van der Waals surface area contributed by atoms with E-state index < -0.39 is 37.9 Å². The standard InChI is InChI=1S/C21H29ClN5O6P/c1-5-29-34(28,30-6-2)10-9-14-15-16(33-21(3,4)32-15)19(31-14)27-18-13(11-23-27)17(24-12-7-8-12)25-20(22)26-18/h9-12,14-16,19H,5-8H2,1-4H3,(H,24,25,26)/t14-,15-,16-,19-/m1/s1. The number of nitrogens with zero attached hydrogens (tertiary/aromatic N) is 4. The van der Waals surface area contributed by atoms with Crippen molar-refractivity contribution >= 4 is 36.0 Å². The van der Waals surface area contributed by atoms with Crippen LogP contribution in [0.5, 0.6) is 0 Å². The SMILES string of the molecule is CCOP(=O)(C=C[C@H]1O[C@@H](n2ncc3c(NC4CC4)nc(Cl)nc32)[C@@H]2OC(C)(C)O[C@@H]21)OCC. The van der Waals surface area contributed by atoms with E-state index in [1.807, 2.05) is 13.8 Å². The highest BCUT2D eigenvalue weighted by molar-refractivity contribution is 7.57. The minimum absolute atomic E-state index is 0.113. The van der Waals surface area contributed by atoms with Gasteiger partial charge in [-0.15, -0.1) is 0 Å². The van der Waals surface area contributed by atoms with E-state index in [2.05, 4.69) is 20.4 Å². The third-order valence-corrected chi connectivity index (χ3v) is 7.67. The summed E-state index contributed by atoms with van der Waals surface area (Å²) in [4.78, 5) is 8.75. The van der Waals surface area contributed by atoms with Crippen LogP contribution in [-0.4, -0.2) is 63.1 Å². The maximum atomic E-state index is 12.9. The Bertz CT molecular complexity index is 1130. The molecular weight excluding hydrogens is 485 g/mol. The van der Waals surface area contributed by atoms with E-state index in [4.69, 9.17) is 34.9 Å². The van der Waals surface area contributed by atoms with Crippen molar-refractivity contribution in [2.75, 3.05) is 18.5 Å². The Kier molecular flexibility index (Phi) is 6.48. The van der Waals surface area contributed by atoms with Crippen LogP contribution in [0, 0.1) is 0 Å². The van der Waals surface area contributed by atoms with Crippen LogP contribution in [0.2, 0.25) is 5.28 Å². The molecule has 2 aromatic heterocycles. The lowest BCUT2D eigenvalue weighted by Crippen LogP contribution is -2.28. The van der Waals surface area contributed by atoms with Gasteiger partial charge in [-0.25, -0.2) is 4.68 Å².